The molecule has 0 spiro atoms. The van der Waals surface area contributed by atoms with Crippen LogP contribution in [-0.2, 0) is 5.41 Å². The van der Waals surface area contributed by atoms with Crippen LogP contribution in [0, 0.1) is 0 Å². The topological polar surface area (TPSA) is 12.0 Å². The number of anilines is 2. The third-order valence-electron chi connectivity index (χ3n) is 7.12. The Hall–Kier alpha value is -1.28. The maximum atomic E-state index is 3.77. The average molecular weight is 485 g/mol. The van der Waals surface area contributed by atoms with Crippen LogP contribution < -0.4 is 5.32 Å². The number of rotatable bonds is 14. The number of hydrogen-bond donors (Lipinski definition) is 1. The number of para-hydroxylation sites is 1. The van der Waals surface area contributed by atoms with Crippen LogP contribution in [0.5, 0.6) is 0 Å². The van der Waals surface area contributed by atoms with Crippen molar-refractivity contribution in [3.8, 4) is 0 Å². The predicted molar refractivity (Wildman–Crippen MR) is 141 cm³/mol. The van der Waals surface area contributed by atoms with Gasteiger partial charge in [0.05, 0.1) is 0 Å². The van der Waals surface area contributed by atoms with Gasteiger partial charge in [-0.1, -0.05) is 125 Å². The second kappa shape index (κ2) is 12.7. The molecule has 1 N–H and O–H groups in total. The summed E-state index contributed by atoms with van der Waals surface area (Å²) >= 11 is 3.77. The molecule has 2 heteroatoms. The molecule has 0 fully saturated rings. The first-order chi connectivity index (χ1) is 15.2. The van der Waals surface area contributed by atoms with Crippen molar-refractivity contribution in [1.82, 2.24) is 0 Å². The number of fused-ring (bicyclic) bond motifs is 2. The van der Waals surface area contributed by atoms with E-state index >= 15 is 0 Å². The van der Waals surface area contributed by atoms with Gasteiger partial charge >= 0.3 is 0 Å². The van der Waals surface area contributed by atoms with E-state index < -0.39 is 0 Å². The first-order valence-corrected chi connectivity index (χ1v) is 13.7. The molecule has 2 aromatic carbocycles. The monoisotopic (exact) mass is 483 g/mol. The number of nitrogens with one attached hydrogen (secondary N) is 1. The van der Waals surface area contributed by atoms with Gasteiger partial charge in [0.25, 0.3) is 0 Å². The highest BCUT2D eigenvalue weighted by atomic mass is 79.9. The van der Waals surface area contributed by atoms with Gasteiger partial charge in [0, 0.05) is 21.3 Å². The van der Waals surface area contributed by atoms with Gasteiger partial charge in [-0.25, -0.2) is 0 Å². The molecule has 1 aliphatic heterocycles. The van der Waals surface area contributed by atoms with Gasteiger partial charge in [0.2, 0.25) is 0 Å². The molecule has 1 nitrogen and oxygen atoms in total. The van der Waals surface area contributed by atoms with Crippen molar-refractivity contribution in [2.75, 3.05) is 5.32 Å². The molecule has 1 aliphatic rings. The van der Waals surface area contributed by atoms with Crippen molar-refractivity contribution >= 4 is 27.3 Å². The summed E-state index contributed by atoms with van der Waals surface area (Å²) in [6, 6.07) is 15.9. The van der Waals surface area contributed by atoms with Crippen molar-refractivity contribution < 1.29 is 0 Å². The van der Waals surface area contributed by atoms with Crippen LogP contribution in [0.1, 0.15) is 115 Å². The fourth-order valence-electron chi connectivity index (χ4n) is 5.40. The zero-order chi connectivity index (χ0) is 21.9. The van der Waals surface area contributed by atoms with Crippen LogP contribution >= 0.6 is 15.9 Å². The third-order valence-corrected chi connectivity index (χ3v) is 7.62. The van der Waals surface area contributed by atoms with E-state index in [4.69, 9.17) is 0 Å². The zero-order valence-corrected chi connectivity index (χ0v) is 21.4. The number of benzene rings is 2. The number of halogens is 1. The molecule has 31 heavy (non-hydrogen) atoms. The summed E-state index contributed by atoms with van der Waals surface area (Å²) in [6.07, 6.45) is 18.8. The van der Waals surface area contributed by atoms with E-state index in [1.807, 2.05) is 0 Å². The Morgan fingerprint density at radius 3 is 1.84 bits per heavy atom. The Balaban J connectivity index is 1.84. The first kappa shape index (κ1) is 24.4. The van der Waals surface area contributed by atoms with Gasteiger partial charge in [-0.3, -0.25) is 0 Å². The van der Waals surface area contributed by atoms with Crippen LogP contribution in [0.15, 0.2) is 46.9 Å². The standard InChI is InChI=1S/C29H42BrN/c1-3-5-7-9-11-15-21-29(22-16-12-10-8-6-4-2)25-17-13-14-18-27(25)31-28-20-19-24(30)23-26(28)29/h13-14,17-20,23,31H,3-12,15-16,21-22H2,1-2H3. The lowest BCUT2D eigenvalue weighted by atomic mass is 9.65. The van der Waals surface area contributed by atoms with Crippen molar-refractivity contribution in [2.24, 2.45) is 0 Å². The maximum Gasteiger partial charge on any atom is 0.0426 e. The predicted octanol–water partition coefficient (Wildman–Crippen LogP) is 10.3. The van der Waals surface area contributed by atoms with Gasteiger partial charge in [0.15, 0.2) is 0 Å². The quantitative estimate of drug-likeness (QED) is 0.263. The molecule has 0 unspecified atom stereocenters. The van der Waals surface area contributed by atoms with Crippen LogP contribution in [-0.4, -0.2) is 0 Å². The van der Waals surface area contributed by atoms with Gasteiger partial charge in [0.1, 0.15) is 0 Å². The molecule has 0 aliphatic carbocycles. The molecule has 0 bridgehead atoms. The smallest absolute Gasteiger partial charge is 0.0426 e. The molecule has 0 saturated carbocycles. The second-order valence-electron chi connectivity index (χ2n) is 9.48. The normalized spacial score (nSPS) is 14.0. The Morgan fingerprint density at radius 2 is 1.19 bits per heavy atom. The molecule has 0 radical (unpaired) electrons. The van der Waals surface area contributed by atoms with Crippen LogP contribution in [0.4, 0.5) is 11.4 Å². The SMILES string of the molecule is CCCCCCCCC1(CCCCCCCC)c2ccccc2Nc2ccc(Br)cc21. The fourth-order valence-corrected chi connectivity index (χ4v) is 5.76. The molecule has 0 saturated heterocycles. The molecule has 3 rings (SSSR count). The lowest BCUT2D eigenvalue weighted by molar-refractivity contribution is 0.390. The molecule has 1 heterocycles. The first-order valence-electron chi connectivity index (χ1n) is 12.9. The lowest BCUT2D eigenvalue weighted by Crippen LogP contribution is -2.33. The van der Waals surface area contributed by atoms with Crippen molar-refractivity contribution in [3.05, 3.63) is 58.1 Å². The molecular weight excluding hydrogens is 442 g/mol. The van der Waals surface area contributed by atoms with Gasteiger partial charge in [-0.05, 0) is 48.2 Å². The Labute approximate surface area is 199 Å². The Bertz CT molecular complexity index is 781. The summed E-state index contributed by atoms with van der Waals surface area (Å²) in [4.78, 5) is 0. The van der Waals surface area contributed by atoms with Crippen molar-refractivity contribution in [3.63, 3.8) is 0 Å². The number of unbranched alkanes of at least 4 members (excludes halogenated alkanes) is 10. The minimum atomic E-state index is 0.135. The van der Waals surface area contributed by atoms with E-state index in [1.54, 1.807) is 0 Å². The second-order valence-corrected chi connectivity index (χ2v) is 10.4. The molecule has 170 valence electrons. The summed E-state index contributed by atoms with van der Waals surface area (Å²) in [5, 5.41) is 3.74. The van der Waals surface area contributed by atoms with E-state index in [-0.39, 0.29) is 5.41 Å². The molecule has 0 atom stereocenters. The van der Waals surface area contributed by atoms with E-state index in [9.17, 15) is 0 Å². The lowest BCUT2D eigenvalue weighted by Gasteiger charge is -2.42. The molecule has 0 amide bonds. The highest BCUT2D eigenvalue weighted by Crippen LogP contribution is 2.52. The Kier molecular flexibility index (Phi) is 9.96. The van der Waals surface area contributed by atoms with Crippen LogP contribution in [0.25, 0.3) is 0 Å². The molecule has 0 aromatic heterocycles. The highest BCUT2D eigenvalue weighted by Gasteiger charge is 2.39. The third kappa shape index (κ3) is 6.37. The minimum Gasteiger partial charge on any atom is -0.355 e. The summed E-state index contributed by atoms with van der Waals surface area (Å²) in [5.41, 5.74) is 5.77. The summed E-state index contributed by atoms with van der Waals surface area (Å²) in [5.74, 6) is 0. The van der Waals surface area contributed by atoms with E-state index in [0.29, 0.717) is 0 Å². The van der Waals surface area contributed by atoms with Crippen LogP contribution in [0.3, 0.4) is 0 Å². The van der Waals surface area contributed by atoms with Crippen molar-refractivity contribution in [2.45, 2.75) is 109 Å². The van der Waals surface area contributed by atoms with E-state index in [2.05, 4.69) is 77.6 Å². The largest absolute Gasteiger partial charge is 0.355 e. The van der Waals surface area contributed by atoms with Gasteiger partial charge in [-0.15, -0.1) is 0 Å². The maximum absolute atomic E-state index is 3.77. The zero-order valence-electron chi connectivity index (χ0n) is 19.8. The fraction of sp³-hybridized carbons (Fsp3) is 0.586. The van der Waals surface area contributed by atoms with Gasteiger partial charge < -0.3 is 5.32 Å². The van der Waals surface area contributed by atoms with E-state index in [1.165, 1.54) is 117 Å². The molecular formula is C29H42BrN. The number of hydrogen-bond acceptors (Lipinski definition) is 1. The van der Waals surface area contributed by atoms with E-state index in [0.717, 1.165) is 0 Å². The highest BCUT2D eigenvalue weighted by molar-refractivity contribution is 9.10. The summed E-state index contributed by atoms with van der Waals surface area (Å²) in [7, 11) is 0. The minimum absolute atomic E-state index is 0.135. The summed E-state index contributed by atoms with van der Waals surface area (Å²) in [6.45, 7) is 4.60. The van der Waals surface area contributed by atoms with Crippen LogP contribution in [0.2, 0.25) is 0 Å². The molecule has 2 aromatic rings. The van der Waals surface area contributed by atoms with Crippen molar-refractivity contribution in [1.29, 1.82) is 0 Å². The Morgan fingerprint density at radius 1 is 0.645 bits per heavy atom. The van der Waals surface area contributed by atoms with Gasteiger partial charge in [-0.2, -0.15) is 0 Å². The average Bonchev–Trinajstić information content (AvgIpc) is 2.79. The summed E-state index contributed by atoms with van der Waals surface area (Å²) < 4.78 is 1.20.